The second-order valence-corrected chi connectivity index (χ2v) is 5.66. The van der Waals surface area contributed by atoms with Gasteiger partial charge in [0, 0.05) is 6.07 Å². The van der Waals surface area contributed by atoms with Gasteiger partial charge in [0.25, 0.3) is 0 Å². The monoisotopic (exact) mass is 320 g/mol. The Morgan fingerprint density at radius 3 is 2.25 bits per heavy atom. The maximum Gasteiger partial charge on any atom is 0.131 e. The third-order valence-electron chi connectivity index (χ3n) is 3.64. The van der Waals surface area contributed by atoms with E-state index in [9.17, 15) is 5.11 Å². The summed E-state index contributed by atoms with van der Waals surface area (Å²) in [4.78, 5) is 0. The zero-order valence-corrected chi connectivity index (χ0v) is 13.6. The summed E-state index contributed by atoms with van der Waals surface area (Å²) in [5, 5.41) is 9.18. The van der Waals surface area contributed by atoms with Gasteiger partial charge >= 0.3 is 0 Å². The van der Waals surface area contributed by atoms with Crippen LogP contribution in [0.25, 0.3) is 0 Å². The van der Waals surface area contributed by atoms with Crippen LogP contribution in [0.1, 0.15) is 16.7 Å². The molecule has 0 radical (unpaired) electrons. The fourth-order valence-corrected chi connectivity index (χ4v) is 2.35. The summed E-state index contributed by atoms with van der Waals surface area (Å²) in [7, 11) is 0. The van der Waals surface area contributed by atoms with Crippen LogP contribution in [0, 0.1) is 6.92 Å². The van der Waals surface area contributed by atoms with E-state index in [1.54, 1.807) is 0 Å². The van der Waals surface area contributed by atoms with Crippen LogP contribution in [0.15, 0.2) is 72.8 Å². The Bertz CT molecular complexity index is 794. The molecule has 3 aromatic carbocycles. The van der Waals surface area contributed by atoms with Gasteiger partial charge in [0.05, 0.1) is 6.61 Å². The van der Waals surface area contributed by atoms with E-state index in [4.69, 9.17) is 9.47 Å². The molecule has 3 heteroatoms. The normalized spacial score (nSPS) is 10.4. The van der Waals surface area contributed by atoms with Crippen molar-refractivity contribution in [2.24, 2.45) is 0 Å². The number of aliphatic hydroxyl groups is 1. The third kappa shape index (κ3) is 4.37. The molecular weight excluding hydrogens is 300 g/mol. The minimum atomic E-state index is 0.0354. The Balaban J connectivity index is 1.65. The van der Waals surface area contributed by atoms with Crippen LogP contribution in [-0.4, -0.2) is 5.11 Å². The Morgan fingerprint density at radius 1 is 0.750 bits per heavy atom. The van der Waals surface area contributed by atoms with E-state index in [1.807, 2.05) is 79.7 Å². The van der Waals surface area contributed by atoms with Crippen LogP contribution in [0.2, 0.25) is 0 Å². The molecule has 0 aromatic heterocycles. The van der Waals surface area contributed by atoms with E-state index < -0.39 is 0 Å². The summed E-state index contributed by atoms with van der Waals surface area (Å²) >= 11 is 0. The van der Waals surface area contributed by atoms with Gasteiger partial charge in [-0.25, -0.2) is 0 Å². The molecule has 0 saturated carbocycles. The number of ether oxygens (including phenoxy) is 2. The topological polar surface area (TPSA) is 38.7 Å². The Morgan fingerprint density at radius 2 is 1.46 bits per heavy atom. The van der Waals surface area contributed by atoms with E-state index in [2.05, 4.69) is 0 Å². The van der Waals surface area contributed by atoms with Crippen LogP contribution in [0.3, 0.4) is 0 Å². The summed E-state index contributed by atoms with van der Waals surface area (Å²) in [6.07, 6.45) is 0. The lowest BCUT2D eigenvalue weighted by Crippen LogP contribution is -1.97. The van der Waals surface area contributed by atoms with Crippen molar-refractivity contribution in [3.63, 3.8) is 0 Å². The van der Waals surface area contributed by atoms with Crippen LogP contribution < -0.4 is 9.47 Å². The van der Waals surface area contributed by atoms with E-state index in [0.717, 1.165) is 28.4 Å². The lowest BCUT2D eigenvalue weighted by atomic mass is 10.1. The van der Waals surface area contributed by atoms with E-state index >= 15 is 0 Å². The highest BCUT2D eigenvalue weighted by molar-refractivity contribution is 5.37. The molecule has 3 nitrogen and oxygen atoms in total. The molecule has 3 rings (SSSR count). The Hall–Kier alpha value is -2.78. The molecule has 0 spiro atoms. The molecule has 0 atom stereocenters. The lowest BCUT2D eigenvalue weighted by molar-refractivity contribution is 0.280. The molecule has 0 fully saturated rings. The minimum Gasteiger partial charge on any atom is -0.489 e. The third-order valence-corrected chi connectivity index (χ3v) is 3.64. The van der Waals surface area contributed by atoms with Crippen LogP contribution >= 0.6 is 0 Å². The molecule has 24 heavy (non-hydrogen) atoms. The number of rotatable bonds is 6. The largest absolute Gasteiger partial charge is 0.489 e. The number of aryl methyl sites for hydroxylation is 1. The molecule has 0 amide bonds. The van der Waals surface area contributed by atoms with Crippen molar-refractivity contribution < 1.29 is 14.6 Å². The van der Waals surface area contributed by atoms with Gasteiger partial charge < -0.3 is 14.6 Å². The lowest BCUT2D eigenvalue weighted by Gasteiger charge is -2.10. The van der Waals surface area contributed by atoms with Gasteiger partial charge in [-0.15, -0.1) is 0 Å². The SMILES string of the molecule is Cc1ccc(Oc2cccc(OCc3cccc(CO)c3)c2)cc1. The molecule has 1 N–H and O–H groups in total. The average molecular weight is 320 g/mol. The highest BCUT2D eigenvalue weighted by Gasteiger charge is 2.02. The molecule has 3 aromatic rings. The highest BCUT2D eigenvalue weighted by atomic mass is 16.5. The first-order valence-corrected chi connectivity index (χ1v) is 7.89. The van der Waals surface area contributed by atoms with Gasteiger partial charge in [0.15, 0.2) is 0 Å². The first-order valence-electron chi connectivity index (χ1n) is 7.89. The van der Waals surface area contributed by atoms with Gasteiger partial charge in [-0.05, 0) is 42.3 Å². The first-order chi connectivity index (χ1) is 11.7. The van der Waals surface area contributed by atoms with Crippen molar-refractivity contribution in [3.8, 4) is 17.2 Å². The molecule has 122 valence electrons. The predicted octanol–water partition coefficient (Wildman–Crippen LogP) is 4.86. The number of hydrogen-bond acceptors (Lipinski definition) is 3. The highest BCUT2D eigenvalue weighted by Crippen LogP contribution is 2.26. The van der Waals surface area contributed by atoms with Crippen molar-refractivity contribution in [1.29, 1.82) is 0 Å². The summed E-state index contributed by atoms with van der Waals surface area (Å²) in [5.41, 5.74) is 3.10. The van der Waals surface area contributed by atoms with Crippen molar-refractivity contribution in [3.05, 3.63) is 89.5 Å². The second kappa shape index (κ2) is 7.66. The average Bonchev–Trinajstić information content (AvgIpc) is 2.62. The fourth-order valence-electron chi connectivity index (χ4n) is 2.35. The summed E-state index contributed by atoms with van der Waals surface area (Å²) in [6, 6.07) is 23.2. The van der Waals surface area contributed by atoms with Crippen LogP contribution in [-0.2, 0) is 13.2 Å². The van der Waals surface area contributed by atoms with Gasteiger partial charge in [0.1, 0.15) is 23.9 Å². The summed E-state index contributed by atoms with van der Waals surface area (Å²) < 4.78 is 11.7. The number of benzene rings is 3. The Labute approximate surface area is 142 Å². The number of hydrogen-bond donors (Lipinski definition) is 1. The standard InChI is InChI=1S/C21H20O3/c1-16-8-10-19(11-9-16)24-21-7-3-6-20(13-21)23-15-18-5-2-4-17(12-18)14-22/h2-13,22H,14-15H2,1H3. The Kier molecular flexibility index (Phi) is 5.14. The molecule has 0 bridgehead atoms. The minimum absolute atomic E-state index is 0.0354. The van der Waals surface area contributed by atoms with Crippen LogP contribution in [0.5, 0.6) is 17.2 Å². The van der Waals surface area contributed by atoms with Crippen molar-refractivity contribution in [1.82, 2.24) is 0 Å². The maximum atomic E-state index is 9.18. The van der Waals surface area contributed by atoms with Gasteiger partial charge in [-0.3, -0.25) is 0 Å². The fraction of sp³-hybridized carbons (Fsp3) is 0.143. The molecule has 0 aliphatic heterocycles. The maximum absolute atomic E-state index is 9.18. The second-order valence-electron chi connectivity index (χ2n) is 5.66. The van der Waals surface area contributed by atoms with E-state index in [-0.39, 0.29) is 6.61 Å². The zero-order chi connectivity index (χ0) is 16.8. The predicted molar refractivity (Wildman–Crippen MR) is 94.4 cm³/mol. The molecule has 0 aliphatic rings. The van der Waals surface area contributed by atoms with Gasteiger partial charge in [-0.2, -0.15) is 0 Å². The smallest absolute Gasteiger partial charge is 0.131 e. The molecule has 0 aliphatic carbocycles. The van der Waals surface area contributed by atoms with E-state index in [1.165, 1.54) is 5.56 Å². The summed E-state index contributed by atoms with van der Waals surface area (Å²) in [6.45, 7) is 2.53. The quantitative estimate of drug-likeness (QED) is 0.705. The molecule has 0 unspecified atom stereocenters. The molecular formula is C21H20O3. The van der Waals surface area contributed by atoms with Crippen molar-refractivity contribution in [2.75, 3.05) is 0 Å². The van der Waals surface area contributed by atoms with Crippen LogP contribution in [0.4, 0.5) is 0 Å². The van der Waals surface area contributed by atoms with E-state index in [0.29, 0.717) is 6.61 Å². The molecule has 0 heterocycles. The number of aliphatic hydroxyl groups excluding tert-OH is 1. The van der Waals surface area contributed by atoms with Gasteiger partial charge in [0.2, 0.25) is 0 Å². The zero-order valence-electron chi connectivity index (χ0n) is 13.6. The summed E-state index contributed by atoms with van der Waals surface area (Å²) in [5.74, 6) is 2.28. The first kappa shape index (κ1) is 16.1. The molecule has 0 saturated heterocycles. The van der Waals surface area contributed by atoms with Gasteiger partial charge in [-0.1, -0.05) is 48.0 Å². The van der Waals surface area contributed by atoms with Crippen molar-refractivity contribution >= 4 is 0 Å². The van der Waals surface area contributed by atoms with Crippen molar-refractivity contribution in [2.45, 2.75) is 20.1 Å².